The van der Waals surface area contributed by atoms with Gasteiger partial charge in [0.25, 0.3) is 5.91 Å². The minimum Gasteiger partial charge on any atom is -0.481 e. The summed E-state index contributed by atoms with van der Waals surface area (Å²) in [6.07, 6.45) is 3.48. The molecule has 1 unspecified atom stereocenters. The van der Waals surface area contributed by atoms with E-state index >= 15 is 0 Å². The predicted octanol–water partition coefficient (Wildman–Crippen LogP) is 1.29. The fourth-order valence-electron chi connectivity index (χ4n) is 3.00. The Hall–Kier alpha value is -2.63. The zero-order chi connectivity index (χ0) is 15.7. The number of carboxylic acids is 1. The van der Waals surface area contributed by atoms with Gasteiger partial charge < -0.3 is 14.6 Å². The van der Waals surface area contributed by atoms with E-state index in [4.69, 9.17) is 0 Å². The van der Waals surface area contributed by atoms with Crippen LogP contribution in [0.1, 0.15) is 22.5 Å². The number of hydrogen-bond acceptors (Lipinski definition) is 3. The number of carbonyl (C=O) groups is 2. The van der Waals surface area contributed by atoms with Gasteiger partial charge in [-0.2, -0.15) is 0 Å². The second kappa shape index (κ2) is 5.29. The van der Waals surface area contributed by atoms with Crippen molar-refractivity contribution in [3.8, 4) is 0 Å². The first-order valence-corrected chi connectivity index (χ1v) is 7.09. The highest BCUT2D eigenvalue weighted by Gasteiger charge is 2.47. The molecule has 1 atom stereocenters. The van der Waals surface area contributed by atoms with E-state index in [1.165, 1.54) is 6.20 Å². The van der Waals surface area contributed by atoms with Gasteiger partial charge in [-0.3, -0.25) is 9.59 Å². The molecule has 0 bridgehead atoms. The van der Waals surface area contributed by atoms with Crippen molar-refractivity contribution in [3.05, 3.63) is 54.1 Å². The minimum atomic E-state index is -1.03. The van der Waals surface area contributed by atoms with Gasteiger partial charge >= 0.3 is 5.97 Å². The zero-order valence-corrected chi connectivity index (χ0v) is 12.3. The van der Waals surface area contributed by atoms with Crippen LogP contribution in [0.3, 0.4) is 0 Å². The number of aromatic nitrogens is 2. The summed E-state index contributed by atoms with van der Waals surface area (Å²) < 4.78 is 1.64. The highest BCUT2D eigenvalue weighted by atomic mass is 16.4. The molecular weight excluding hydrogens is 282 g/mol. The zero-order valence-electron chi connectivity index (χ0n) is 12.3. The third-order valence-corrected chi connectivity index (χ3v) is 4.33. The molecule has 1 aliphatic rings. The van der Waals surface area contributed by atoms with Crippen LogP contribution in [0.15, 0.2) is 42.9 Å². The number of carboxylic acid groups (broad SMARTS) is 1. The first kappa shape index (κ1) is 14.3. The van der Waals surface area contributed by atoms with Crippen molar-refractivity contribution >= 4 is 11.9 Å². The Labute approximate surface area is 128 Å². The van der Waals surface area contributed by atoms with E-state index in [1.54, 1.807) is 22.8 Å². The lowest BCUT2D eigenvalue weighted by Gasteiger charge is -2.25. The molecule has 0 saturated carbocycles. The molecule has 1 saturated heterocycles. The Bertz CT molecular complexity index is 710. The van der Waals surface area contributed by atoms with Gasteiger partial charge in [-0.05, 0) is 12.0 Å². The number of amides is 1. The molecule has 2 heterocycles. The normalized spacial score (nSPS) is 21.0. The third kappa shape index (κ3) is 2.16. The molecule has 6 heteroatoms. The maximum atomic E-state index is 12.5. The SMILES string of the molecule is Cn1cncc1C(=O)N1CCC(C(=O)O)(c2ccccc2)C1. The van der Waals surface area contributed by atoms with Gasteiger partial charge in [0.1, 0.15) is 11.1 Å². The smallest absolute Gasteiger partial charge is 0.316 e. The van der Waals surface area contributed by atoms with Crippen LogP contribution in [0.2, 0.25) is 0 Å². The number of carbonyl (C=O) groups excluding carboxylic acids is 1. The highest BCUT2D eigenvalue weighted by Crippen LogP contribution is 2.35. The molecule has 0 radical (unpaired) electrons. The van der Waals surface area contributed by atoms with E-state index in [2.05, 4.69) is 4.98 Å². The van der Waals surface area contributed by atoms with Crippen molar-refractivity contribution in [2.75, 3.05) is 13.1 Å². The second-order valence-corrected chi connectivity index (χ2v) is 5.62. The summed E-state index contributed by atoms with van der Waals surface area (Å²) in [4.78, 5) is 30.0. The summed E-state index contributed by atoms with van der Waals surface area (Å²) in [5.41, 5.74) is 0.173. The van der Waals surface area contributed by atoms with Crippen molar-refractivity contribution in [1.82, 2.24) is 14.5 Å². The molecular formula is C16H17N3O3. The van der Waals surface area contributed by atoms with Crippen LogP contribution in [0.4, 0.5) is 0 Å². The van der Waals surface area contributed by atoms with E-state index in [9.17, 15) is 14.7 Å². The minimum absolute atomic E-state index is 0.177. The Kier molecular flexibility index (Phi) is 3.44. The summed E-state index contributed by atoms with van der Waals surface area (Å²) in [6.45, 7) is 0.599. The number of aryl methyl sites for hydroxylation is 1. The fourth-order valence-corrected chi connectivity index (χ4v) is 3.00. The number of benzene rings is 1. The molecule has 6 nitrogen and oxygen atoms in total. The highest BCUT2D eigenvalue weighted by molar-refractivity contribution is 5.94. The van der Waals surface area contributed by atoms with Crippen LogP contribution in [0.25, 0.3) is 0 Å². The van der Waals surface area contributed by atoms with E-state index < -0.39 is 11.4 Å². The molecule has 2 aromatic rings. The van der Waals surface area contributed by atoms with Crippen LogP contribution < -0.4 is 0 Å². The number of imidazole rings is 1. The lowest BCUT2D eigenvalue weighted by atomic mass is 9.80. The number of aliphatic carboxylic acids is 1. The molecule has 1 N–H and O–H groups in total. The average Bonchev–Trinajstić information content (AvgIpc) is 3.15. The molecule has 1 aromatic carbocycles. The standard InChI is InChI=1S/C16H17N3O3/c1-18-11-17-9-13(18)14(20)19-8-7-16(10-19,15(21)22)12-5-3-2-4-6-12/h2-6,9,11H,7-8,10H2,1H3,(H,21,22). The molecule has 1 aliphatic heterocycles. The molecule has 114 valence electrons. The van der Waals surface area contributed by atoms with Gasteiger partial charge in [0, 0.05) is 20.1 Å². The van der Waals surface area contributed by atoms with Crippen molar-refractivity contribution in [2.24, 2.45) is 7.05 Å². The number of nitrogens with zero attached hydrogens (tertiary/aromatic N) is 3. The summed E-state index contributed by atoms with van der Waals surface area (Å²) in [5.74, 6) is -1.07. The van der Waals surface area contributed by atoms with Gasteiger partial charge in [0.05, 0.1) is 12.5 Å². The van der Waals surface area contributed by atoms with Gasteiger partial charge in [-0.15, -0.1) is 0 Å². The van der Waals surface area contributed by atoms with Crippen molar-refractivity contribution < 1.29 is 14.7 Å². The molecule has 1 amide bonds. The first-order chi connectivity index (χ1) is 10.5. The summed E-state index contributed by atoms with van der Waals surface area (Å²) >= 11 is 0. The van der Waals surface area contributed by atoms with Crippen molar-refractivity contribution in [3.63, 3.8) is 0 Å². The summed E-state index contributed by atoms with van der Waals surface area (Å²) in [7, 11) is 1.75. The van der Waals surface area contributed by atoms with E-state index in [0.717, 1.165) is 5.56 Å². The maximum absolute atomic E-state index is 12.5. The Balaban J connectivity index is 1.90. The number of rotatable bonds is 3. The maximum Gasteiger partial charge on any atom is 0.316 e. The van der Waals surface area contributed by atoms with Crippen LogP contribution in [0, 0.1) is 0 Å². The lowest BCUT2D eigenvalue weighted by Crippen LogP contribution is -2.40. The van der Waals surface area contributed by atoms with E-state index in [0.29, 0.717) is 18.7 Å². The third-order valence-electron chi connectivity index (χ3n) is 4.33. The molecule has 22 heavy (non-hydrogen) atoms. The van der Waals surface area contributed by atoms with E-state index in [1.807, 2.05) is 30.3 Å². The molecule has 3 rings (SSSR count). The van der Waals surface area contributed by atoms with Gasteiger partial charge in [-0.25, -0.2) is 4.98 Å². The number of hydrogen-bond donors (Lipinski definition) is 1. The van der Waals surface area contributed by atoms with Crippen molar-refractivity contribution in [1.29, 1.82) is 0 Å². The molecule has 0 aliphatic carbocycles. The van der Waals surface area contributed by atoms with E-state index in [-0.39, 0.29) is 12.5 Å². The quantitative estimate of drug-likeness (QED) is 0.926. The number of likely N-dealkylation sites (tertiary alicyclic amines) is 1. The molecule has 1 fully saturated rings. The first-order valence-electron chi connectivity index (χ1n) is 7.09. The molecule has 0 spiro atoms. The Morgan fingerprint density at radius 1 is 1.27 bits per heavy atom. The largest absolute Gasteiger partial charge is 0.481 e. The van der Waals surface area contributed by atoms with Crippen LogP contribution in [-0.2, 0) is 17.3 Å². The second-order valence-electron chi connectivity index (χ2n) is 5.62. The lowest BCUT2D eigenvalue weighted by molar-refractivity contribution is -0.143. The average molecular weight is 299 g/mol. The monoisotopic (exact) mass is 299 g/mol. The van der Waals surface area contributed by atoms with Gasteiger partial charge in [0.2, 0.25) is 0 Å². The van der Waals surface area contributed by atoms with Gasteiger partial charge in [0.15, 0.2) is 0 Å². The Morgan fingerprint density at radius 2 is 2.00 bits per heavy atom. The van der Waals surface area contributed by atoms with Crippen LogP contribution in [-0.4, -0.2) is 44.5 Å². The van der Waals surface area contributed by atoms with Crippen LogP contribution in [0.5, 0.6) is 0 Å². The van der Waals surface area contributed by atoms with Crippen molar-refractivity contribution in [2.45, 2.75) is 11.8 Å². The summed E-state index contributed by atoms with van der Waals surface area (Å²) in [5, 5.41) is 9.75. The molecule has 1 aromatic heterocycles. The fraction of sp³-hybridized carbons (Fsp3) is 0.312. The van der Waals surface area contributed by atoms with Gasteiger partial charge in [-0.1, -0.05) is 30.3 Å². The summed E-state index contributed by atoms with van der Waals surface area (Å²) in [6, 6.07) is 9.13. The predicted molar refractivity (Wildman–Crippen MR) is 79.5 cm³/mol. The Morgan fingerprint density at radius 3 is 2.59 bits per heavy atom. The topological polar surface area (TPSA) is 75.4 Å². The van der Waals surface area contributed by atoms with Crippen LogP contribution >= 0.6 is 0 Å².